The summed E-state index contributed by atoms with van der Waals surface area (Å²) in [5.41, 5.74) is 1.55. The zero-order chi connectivity index (χ0) is 26.7. The van der Waals surface area contributed by atoms with E-state index in [0.717, 1.165) is 54.7 Å². The van der Waals surface area contributed by atoms with Crippen LogP contribution in [0.2, 0.25) is 0 Å². The van der Waals surface area contributed by atoms with Crippen LogP contribution in [0.3, 0.4) is 0 Å². The van der Waals surface area contributed by atoms with E-state index in [-0.39, 0.29) is 27.1 Å². The average molecular weight is 557 g/mol. The molecule has 0 unspecified atom stereocenters. The third-order valence-corrected chi connectivity index (χ3v) is 9.17. The molecule has 1 saturated carbocycles. The first-order chi connectivity index (χ1) is 18.9. The van der Waals surface area contributed by atoms with Crippen LogP contribution >= 0.6 is 11.3 Å². The fourth-order valence-corrected chi connectivity index (χ4v) is 6.95. The van der Waals surface area contributed by atoms with Crippen LogP contribution in [0, 0.1) is 24.6 Å². The van der Waals surface area contributed by atoms with Crippen LogP contribution in [0.15, 0.2) is 18.2 Å². The van der Waals surface area contributed by atoms with Gasteiger partial charge in [0.05, 0.1) is 34.3 Å². The molecule has 7 rings (SSSR count). The highest BCUT2D eigenvalue weighted by Gasteiger charge is 2.28. The molecule has 2 saturated heterocycles. The van der Waals surface area contributed by atoms with Crippen molar-refractivity contribution >= 4 is 38.3 Å². The molecule has 206 valence electrons. The average Bonchev–Trinajstić information content (AvgIpc) is 3.63. The van der Waals surface area contributed by atoms with Gasteiger partial charge in [0.1, 0.15) is 0 Å². The summed E-state index contributed by atoms with van der Waals surface area (Å²) < 4.78 is 50.2. The van der Waals surface area contributed by atoms with Crippen molar-refractivity contribution in [2.24, 2.45) is 5.92 Å². The molecule has 5 heterocycles. The molecule has 4 aromatic rings. The molecule has 7 nitrogen and oxygen atoms in total. The van der Waals surface area contributed by atoms with Crippen molar-refractivity contribution in [2.75, 3.05) is 63.9 Å². The number of aryl methyl sites for hydroxylation is 1. The van der Waals surface area contributed by atoms with Crippen LogP contribution in [0.1, 0.15) is 23.3 Å². The van der Waals surface area contributed by atoms with E-state index in [4.69, 9.17) is 14.7 Å². The monoisotopic (exact) mass is 556 g/mol. The summed E-state index contributed by atoms with van der Waals surface area (Å²) in [5.74, 6) is -0.833. The molecule has 11 heteroatoms. The molecule has 0 spiro atoms. The second-order valence-corrected chi connectivity index (χ2v) is 12.1. The van der Waals surface area contributed by atoms with Gasteiger partial charge < -0.3 is 14.5 Å². The van der Waals surface area contributed by atoms with Crippen molar-refractivity contribution in [3.05, 3.63) is 40.4 Å². The number of halogens is 3. The molecular weight excluding hydrogens is 525 g/mol. The Hall–Kier alpha value is -2.73. The number of morpholine rings is 1. The molecule has 1 aromatic carbocycles. The Morgan fingerprint density at radius 2 is 1.72 bits per heavy atom. The van der Waals surface area contributed by atoms with E-state index in [1.165, 1.54) is 30.3 Å². The minimum atomic E-state index is -1.54. The maximum atomic E-state index is 14.9. The number of hydrogen-bond acceptors (Lipinski definition) is 7. The summed E-state index contributed by atoms with van der Waals surface area (Å²) in [6.07, 6.45) is 2.76. The standard InChI is InChI=1S/C28H31F3N6OS/c1-17-12-20(23-22(13-17)37(31)26(30)24(23)29)27-32-21-14-19(16-35-6-4-34(5-7-35)15-18-2-3-18)39-25(21)28(33-27)36-8-10-38-11-9-36/h12-14,18H,2-11,15-16H2,1H3. The number of benzene rings is 1. The Morgan fingerprint density at radius 1 is 0.974 bits per heavy atom. The second-order valence-electron chi connectivity index (χ2n) is 11.0. The van der Waals surface area contributed by atoms with Crippen molar-refractivity contribution in [3.63, 3.8) is 0 Å². The summed E-state index contributed by atoms with van der Waals surface area (Å²) in [5, 5.41) is -0.146. The molecule has 0 amide bonds. The summed E-state index contributed by atoms with van der Waals surface area (Å²) in [6.45, 7) is 10.7. The van der Waals surface area contributed by atoms with E-state index >= 15 is 0 Å². The van der Waals surface area contributed by atoms with E-state index in [0.29, 0.717) is 31.9 Å². The van der Waals surface area contributed by atoms with Gasteiger partial charge in [-0.3, -0.25) is 4.90 Å². The molecule has 39 heavy (non-hydrogen) atoms. The topological polar surface area (TPSA) is 49.7 Å². The van der Waals surface area contributed by atoms with Crippen LogP contribution in [-0.2, 0) is 11.3 Å². The summed E-state index contributed by atoms with van der Waals surface area (Å²) in [6, 6.07) is 5.22. The van der Waals surface area contributed by atoms with Crippen molar-refractivity contribution in [2.45, 2.75) is 26.3 Å². The summed E-state index contributed by atoms with van der Waals surface area (Å²) >= 11 is 1.69. The Labute approximate surface area is 228 Å². The van der Waals surface area contributed by atoms with Gasteiger partial charge in [-0.1, -0.05) is 4.48 Å². The SMILES string of the molecule is Cc1cc(-c2nc(N3CCOCC3)c3sc(CN4CCN(CC5CC5)CC4)cc3n2)c2c(F)c(F)n(F)c2c1. The molecular formula is C28H31F3N6OS. The largest absolute Gasteiger partial charge is 0.378 e. The highest BCUT2D eigenvalue weighted by atomic mass is 32.1. The molecule has 0 radical (unpaired) electrons. The number of thiophene rings is 1. The third-order valence-electron chi connectivity index (χ3n) is 8.06. The van der Waals surface area contributed by atoms with E-state index in [1.54, 1.807) is 24.3 Å². The van der Waals surface area contributed by atoms with Crippen LogP contribution < -0.4 is 4.90 Å². The molecule has 2 aliphatic heterocycles. The van der Waals surface area contributed by atoms with Gasteiger partial charge in [0.25, 0.3) is 5.95 Å². The maximum Gasteiger partial charge on any atom is 0.259 e. The number of fused-ring (bicyclic) bond motifs is 2. The van der Waals surface area contributed by atoms with E-state index in [2.05, 4.69) is 20.8 Å². The Bertz CT molecular complexity index is 1540. The van der Waals surface area contributed by atoms with Crippen molar-refractivity contribution < 1.29 is 18.0 Å². The van der Waals surface area contributed by atoms with Gasteiger partial charge in [0, 0.05) is 62.8 Å². The first-order valence-electron chi connectivity index (χ1n) is 13.7. The molecule has 0 bridgehead atoms. The van der Waals surface area contributed by atoms with Gasteiger partial charge >= 0.3 is 0 Å². The predicted octanol–water partition coefficient (Wildman–Crippen LogP) is 5.00. The van der Waals surface area contributed by atoms with Crippen LogP contribution in [0.5, 0.6) is 0 Å². The van der Waals surface area contributed by atoms with Gasteiger partial charge in [-0.15, -0.1) is 16.1 Å². The number of anilines is 1. The molecule has 0 atom stereocenters. The van der Waals surface area contributed by atoms with Crippen molar-refractivity contribution in [1.29, 1.82) is 0 Å². The van der Waals surface area contributed by atoms with Gasteiger partial charge in [0.2, 0.25) is 0 Å². The zero-order valence-electron chi connectivity index (χ0n) is 21.9. The molecule has 3 aromatic heterocycles. The first kappa shape index (κ1) is 25.3. The lowest BCUT2D eigenvalue weighted by Gasteiger charge is -2.34. The van der Waals surface area contributed by atoms with Gasteiger partial charge in [-0.2, -0.15) is 4.39 Å². The fraction of sp³-hybridized carbons (Fsp3) is 0.500. The Morgan fingerprint density at radius 3 is 2.46 bits per heavy atom. The van der Waals surface area contributed by atoms with E-state index in [1.807, 2.05) is 0 Å². The van der Waals surface area contributed by atoms with Crippen molar-refractivity contribution in [3.8, 4) is 11.4 Å². The number of ether oxygens (including phenoxy) is 1. The van der Waals surface area contributed by atoms with Crippen LogP contribution in [0.4, 0.5) is 19.1 Å². The first-order valence-corrected chi connectivity index (χ1v) is 14.5. The molecule has 3 aliphatic rings. The van der Waals surface area contributed by atoms with Gasteiger partial charge in [0.15, 0.2) is 17.5 Å². The van der Waals surface area contributed by atoms with Gasteiger partial charge in [-0.05, 0) is 49.4 Å². The molecule has 3 fully saturated rings. The Kier molecular flexibility index (Phi) is 6.49. The number of hydrogen-bond donors (Lipinski definition) is 0. The smallest absolute Gasteiger partial charge is 0.259 e. The highest BCUT2D eigenvalue weighted by molar-refractivity contribution is 7.19. The lowest BCUT2D eigenvalue weighted by atomic mass is 10.1. The van der Waals surface area contributed by atoms with Crippen LogP contribution in [-0.4, -0.2) is 83.6 Å². The minimum absolute atomic E-state index is 0.146. The number of nitrogens with zero attached hydrogens (tertiary/aromatic N) is 6. The summed E-state index contributed by atoms with van der Waals surface area (Å²) in [4.78, 5) is 17.9. The van der Waals surface area contributed by atoms with Crippen LogP contribution in [0.25, 0.3) is 32.5 Å². The summed E-state index contributed by atoms with van der Waals surface area (Å²) in [7, 11) is 0. The number of rotatable bonds is 6. The van der Waals surface area contributed by atoms with Gasteiger partial charge in [-0.25, -0.2) is 14.4 Å². The number of aromatic nitrogens is 3. The lowest BCUT2D eigenvalue weighted by Crippen LogP contribution is -2.46. The molecule has 1 aliphatic carbocycles. The van der Waals surface area contributed by atoms with E-state index < -0.39 is 11.8 Å². The third kappa shape index (κ3) is 4.79. The number of piperazine rings is 1. The highest BCUT2D eigenvalue weighted by Crippen LogP contribution is 2.38. The normalized spacial score (nSPS) is 19.5. The quantitative estimate of drug-likeness (QED) is 0.333. The maximum absolute atomic E-state index is 14.9. The second kappa shape index (κ2) is 10.0. The minimum Gasteiger partial charge on any atom is -0.378 e. The van der Waals surface area contributed by atoms with E-state index in [9.17, 15) is 13.3 Å². The lowest BCUT2D eigenvalue weighted by molar-refractivity contribution is 0.122. The zero-order valence-corrected chi connectivity index (χ0v) is 22.7. The predicted molar refractivity (Wildman–Crippen MR) is 147 cm³/mol. The fourth-order valence-electron chi connectivity index (χ4n) is 5.79. The Balaban J connectivity index is 1.26. The molecule has 0 N–H and O–H groups in total. The van der Waals surface area contributed by atoms with Crippen molar-refractivity contribution in [1.82, 2.24) is 24.6 Å².